The van der Waals surface area contributed by atoms with Gasteiger partial charge >= 0.3 is 5.97 Å². The number of carboxylic acid groups (broad SMARTS) is 1. The Kier molecular flexibility index (Phi) is 4.19. The predicted molar refractivity (Wildman–Crippen MR) is 59.4 cm³/mol. The second kappa shape index (κ2) is 5.24. The van der Waals surface area contributed by atoms with Crippen molar-refractivity contribution in [2.24, 2.45) is 0 Å². The van der Waals surface area contributed by atoms with E-state index in [-0.39, 0.29) is 0 Å². The third-order valence-electron chi connectivity index (χ3n) is 2.04. The second-order valence-corrected chi connectivity index (χ2v) is 5.30. The van der Waals surface area contributed by atoms with Crippen molar-refractivity contribution in [1.82, 2.24) is 4.72 Å². The summed E-state index contributed by atoms with van der Waals surface area (Å²) in [7, 11) is -3.88. The molecule has 2 N–H and O–H groups in total. The maximum Gasteiger partial charge on any atom is 0.320 e. The van der Waals surface area contributed by atoms with Crippen LogP contribution in [0.3, 0.4) is 0 Å². The molecule has 1 aromatic rings. The van der Waals surface area contributed by atoms with Gasteiger partial charge in [0, 0.05) is 6.04 Å². The first-order valence-electron chi connectivity index (χ1n) is 4.77. The van der Waals surface area contributed by atoms with Crippen LogP contribution in [0.2, 0.25) is 0 Å². The summed E-state index contributed by atoms with van der Waals surface area (Å²) in [5, 5.41) is 8.40. The van der Waals surface area contributed by atoms with E-state index in [2.05, 4.69) is 4.72 Å². The van der Waals surface area contributed by atoms with Gasteiger partial charge in [0.15, 0.2) is 5.75 Å². The minimum Gasteiger partial charge on any atom is -0.480 e. The molecule has 0 saturated heterocycles. The zero-order chi connectivity index (χ0) is 13.1. The first kappa shape index (κ1) is 13.6. The summed E-state index contributed by atoms with van der Waals surface area (Å²) in [6.07, 6.45) is 0. The summed E-state index contributed by atoms with van der Waals surface area (Å²) >= 11 is 0. The van der Waals surface area contributed by atoms with Crippen molar-refractivity contribution in [2.75, 3.05) is 5.75 Å². The number of aliphatic carboxylic acids is 1. The highest BCUT2D eigenvalue weighted by molar-refractivity contribution is 7.90. The lowest BCUT2D eigenvalue weighted by molar-refractivity contribution is -0.134. The second-order valence-electron chi connectivity index (χ2n) is 3.54. The van der Waals surface area contributed by atoms with Crippen molar-refractivity contribution < 1.29 is 22.7 Å². The topological polar surface area (TPSA) is 83.5 Å². The minimum absolute atomic E-state index is 0.422. The molecule has 0 aliphatic rings. The van der Waals surface area contributed by atoms with Gasteiger partial charge in [-0.1, -0.05) is 12.1 Å². The standard InChI is InChI=1S/C10H12FNO4S/c1-7(8-2-4-9(11)5-3-8)12-17(15,16)6-10(13)14/h2-5,7,12H,6H2,1H3,(H,13,14)/t7-/m1/s1. The summed E-state index contributed by atoms with van der Waals surface area (Å²) in [5.74, 6) is -2.84. The smallest absolute Gasteiger partial charge is 0.320 e. The Morgan fingerprint density at radius 2 is 1.94 bits per heavy atom. The fraction of sp³-hybridized carbons (Fsp3) is 0.300. The largest absolute Gasteiger partial charge is 0.480 e. The van der Waals surface area contributed by atoms with Crippen LogP contribution in [0.1, 0.15) is 18.5 Å². The summed E-state index contributed by atoms with van der Waals surface area (Å²) in [6.45, 7) is 1.55. The van der Waals surface area contributed by atoms with E-state index in [9.17, 15) is 17.6 Å². The first-order chi connectivity index (χ1) is 7.80. The van der Waals surface area contributed by atoms with Gasteiger partial charge in [0.1, 0.15) is 5.82 Å². The summed E-state index contributed by atoms with van der Waals surface area (Å²) < 4.78 is 37.5. The Hall–Kier alpha value is -1.47. The molecule has 0 aliphatic heterocycles. The van der Waals surface area contributed by atoms with Crippen LogP contribution in [0.4, 0.5) is 4.39 Å². The van der Waals surface area contributed by atoms with Gasteiger partial charge in [-0.25, -0.2) is 17.5 Å². The van der Waals surface area contributed by atoms with E-state index in [1.54, 1.807) is 6.92 Å². The van der Waals surface area contributed by atoms with Gasteiger partial charge in [-0.3, -0.25) is 4.79 Å². The highest BCUT2D eigenvalue weighted by Crippen LogP contribution is 2.13. The lowest BCUT2D eigenvalue weighted by Gasteiger charge is -2.13. The van der Waals surface area contributed by atoms with E-state index < -0.39 is 33.6 Å². The van der Waals surface area contributed by atoms with Crippen molar-refractivity contribution in [3.63, 3.8) is 0 Å². The van der Waals surface area contributed by atoms with Crippen LogP contribution < -0.4 is 4.72 Å². The molecule has 17 heavy (non-hydrogen) atoms. The first-order valence-corrected chi connectivity index (χ1v) is 6.42. The zero-order valence-electron chi connectivity index (χ0n) is 9.05. The average Bonchev–Trinajstić information content (AvgIpc) is 2.15. The molecular formula is C10H12FNO4S. The van der Waals surface area contributed by atoms with E-state index in [0.717, 1.165) is 0 Å². The van der Waals surface area contributed by atoms with Crippen molar-refractivity contribution >= 4 is 16.0 Å². The molecule has 5 nitrogen and oxygen atoms in total. The number of nitrogens with one attached hydrogen (secondary N) is 1. The summed E-state index contributed by atoms with van der Waals surface area (Å²) in [6, 6.07) is 4.67. The van der Waals surface area contributed by atoms with E-state index in [0.29, 0.717) is 5.56 Å². The van der Waals surface area contributed by atoms with Crippen LogP contribution >= 0.6 is 0 Å². The highest BCUT2D eigenvalue weighted by atomic mass is 32.2. The number of benzene rings is 1. The molecule has 1 rings (SSSR count). The van der Waals surface area contributed by atoms with Crippen LogP contribution in [0.15, 0.2) is 24.3 Å². The maximum absolute atomic E-state index is 12.6. The quantitative estimate of drug-likeness (QED) is 0.824. The molecule has 1 atom stereocenters. The molecule has 0 spiro atoms. The summed E-state index contributed by atoms with van der Waals surface area (Å²) in [5.41, 5.74) is 0.556. The number of hydrogen-bond acceptors (Lipinski definition) is 3. The van der Waals surface area contributed by atoms with Gasteiger partial charge < -0.3 is 5.11 Å². The van der Waals surface area contributed by atoms with E-state index in [1.165, 1.54) is 24.3 Å². The Labute approximate surface area is 98.3 Å². The van der Waals surface area contributed by atoms with Crippen molar-refractivity contribution in [1.29, 1.82) is 0 Å². The highest BCUT2D eigenvalue weighted by Gasteiger charge is 2.19. The Bertz CT molecular complexity index is 498. The number of halogens is 1. The molecule has 1 aromatic carbocycles. The van der Waals surface area contributed by atoms with E-state index in [1.807, 2.05) is 0 Å². The Balaban J connectivity index is 2.75. The molecule has 0 saturated carbocycles. The van der Waals surface area contributed by atoms with E-state index >= 15 is 0 Å². The van der Waals surface area contributed by atoms with Gasteiger partial charge in [0.25, 0.3) is 0 Å². The van der Waals surface area contributed by atoms with Crippen LogP contribution in [-0.2, 0) is 14.8 Å². The lowest BCUT2D eigenvalue weighted by Crippen LogP contribution is -2.32. The van der Waals surface area contributed by atoms with Crippen LogP contribution in [0.25, 0.3) is 0 Å². The number of rotatable bonds is 5. The van der Waals surface area contributed by atoms with Crippen LogP contribution in [0, 0.1) is 5.82 Å². The SMILES string of the molecule is C[C@@H](NS(=O)(=O)CC(=O)O)c1ccc(F)cc1. The minimum atomic E-state index is -3.88. The van der Waals surface area contributed by atoms with Crippen molar-refractivity contribution in [3.8, 4) is 0 Å². The molecular weight excluding hydrogens is 249 g/mol. The van der Waals surface area contributed by atoms with Crippen molar-refractivity contribution in [3.05, 3.63) is 35.6 Å². The van der Waals surface area contributed by atoms with Gasteiger partial charge in [-0.2, -0.15) is 0 Å². The molecule has 0 aromatic heterocycles. The van der Waals surface area contributed by atoms with Gasteiger partial charge in [-0.05, 0) is 24.6 Å². The lowest BCUT2D eigenvalue weighted by atomic mass is 10.1. The number of carboxylic acids is 1. The molecule has 0 radical (unpaired) electrons. The molecule has 0 aliphatic carbocycles. The van der Waals surface area contributed by atoms with Gasteiger partial charge in [0.05, 0.1) is 0 Å². The average molecular weight is 261 g/mol. The molecule has 0 bridgehead atoms. The van der Waals surface area contributed by atoms with E-state index in [4.69, 9.17) is 5.11 Å². The normalized spacial score (nSPS) is 13.3. The zero-order valence-corrected chi connectivity index (χ0v) is 9.87. The predicted octanol–water partition coefficient (Wildman–Crippen LogP) is 0.891. The molecule has 0 amide bonds. The Morgan fingerprint density at radius 1 is 1.41 bits per heavy atom. The molecule has 0 heterocycles. The molecule has 0 unspecified atom stereocenters. The van der Waals surface area contributed by atoms with Crippen molar-refractivity contribution in [2.45, 2.75) is 13.0 Å². The number of sulfonamides is 1. The summed E-state index contributed by atoms with van der Waals surface area (Å²) in [4.78, 5) is 10.3. The number of hydrogen-bond donors (Lipinski definition) is 2. The van der Waals surface area contributed by atoms with Gasteiger partial charge in [-0.15, -0.1) is 0 Å². The van der Waals surface area contributed by atoms with Gasteiger partial charge in [0.2, 0.25) is 10.0 Å². The number of carbonyl (C=O) groups is 1. The molecule has 7 heteroatoms. The van der Waals surface area contributed by atoms with Crippen LogP contribution in [-0.4, -0.2) is 25.2 Å². The molecule has 94 valence electrons. The van der Waals surface area contributed by atoms with Crippen LogP contribution in [0.5, 0.6) is 0 Å². The third kappa shape index (κ3) is 4.49. The monoisotopic (exact) mass is 261 g/mol. The fourth-order valence-electron chi connectivity index (χ4n) is 1.29. The Morgan fingerprint density at radius 3 is 2.41 bits per heavy atom. The maximum atomic E-state index is 12.6. The third-order valence-corrected chi connectivity index (χ3v) is 3.38. The molecule has 0 fully saturated rings. The fourth-order valence-corrected chi connectivity index (χ4v) is 2.38.